The number of ether oxygens (including phenoxy) is 1. The van der Waals surface area contributed by atoms with Crippen LogP contribution in [-0.2, 0) is 4.79 Å². The Morgan fingerprint density at radius 3 is 2.17 bits per heavy atom. The van der Waals surface area contributed by atoms with E-state index in [2.05, 4.69) is 10.6 Å². The van der Waals surface area contributed by atoms with E-state index in [1.165, 1.54) is 0 Å². The molecule has 0 unspecified atom stereocenters. The highest BCUT2D eigenvalue weighted by Gasteiger charge is 2.10. The lowest BCUT2D eigenvalue weighted by Crippen LogP contribution is -2.20. The molecule has 29 heavy (non-hydrogen) atoms. The number of hydrogen-bond acceptors (Lipinski definition) is 3. The maximum atomic E-state index is 12.3. The predicted octanol–water partition coefficient (Wildman–Crippen LogP) is 5.57. The van der Waals surface area contributed by atoms with E-state index in [0.717, 1.165) is 5.56 Å². The summed E-state index contributed by atoms with van der Waals surface area (Å²) >= 11 is 12.0. The first-order valence-corrected chi connectivity index (χ1v) is 9.53. The maximum Gasteiger partial charge on any atom is 0.262 e. The van der Waals surface area contributed by atoms with E-state index in [0.29, 0.717) is 32.7 Å². The number of aryl methyl sites for hydroxylation is 1. The Morgan fingerprint density at radius 1 is 0.862 bits per heavy atom. The monoisotopic (exact) mass is 428 g/mol. The highest BCUT2D eigenvalue weighted by atomic mass is 35.5. The van der Waals surface area contributed by atoms with Crippen LogP contribution in [0, 0.1) is 6.92 Å². The molecule has 3 rings (SSSR count). The molecule has 0 heterocycles. The van der Waals surface area contributed by atoms with E-state index in [-0.39, 0.29) is 18.4 Å². The van der Waals surface area contributed by atoms with Gasteiger partial charge in [0.25, 0.3) is 11.8 Å². The summed E-state index contributed by atoms with van der Waals surface area (Å²) < 4.78 is 5.47. The summed E-state index contributed by atoms with van der Waals surface area (Å²) in [7, 11) is 0. The summed E-state index contributed by atoms with van der Waals surface area (Å²) in [5.74, 6) is -0.0378. The van der Waals surface area contributed by atoms with Crippen molar-refractivity contribution in [2.75, 3.05) is 17.2 Å². The van der Waals surface area contributed by atoms with Crippen LogP contribution in [-0.4, -0.2) is 18.4 Å². The van der Waals surface area contributed by atoms with Gasteiger partial charge >= 0.3 is 0 Å². The van der Waals surface area contributed by atoms with Gasteiger partial charge in [0, 0.05) is 16.4 Å². The van der Waals surface area contributed by atoms with Gasteiger partial charge in [-0.3, -0.25) is 9.59 Å². The van der Waals surface area contributed by atoms with Gasteiger partial charge in [-0.2, -0.15) is 0 Å². The zero-order valence-corrected chi connectivity index (χ0v) is 17.1. The molecule has 2 N–H and O–H groups in total. The number of amides is 2. The molecule has 148 valence electrons. The van der Waals surface area contributed by atoms with Gasteiger partial charge in [0.2, 0.25) is 0 Å². The summed E-state index contributed by atoms with van der Waals surface area (Å²) in [5, 5.41) is 6.52. The molecule has 0 aliphatic carbocycles. The molecule has 0 fully saturated rings. The van der Waals surface area contributed by atoms with Crippen molar-refractivity contribution in [2.24, 2.45) is 0 Å². The van der Waals surface area contributed by atoms with Gasteiger partial charge < -0.3 is 15.4 Å². The van der Waals surface area contributed by atoms with Crippen LogP contribution < -0.4 is 15.4 Å². The third-order valence-electron chi connectivity index (χ3n) is 4.04. The van der Waals surface area contributed by atoms with Gasteiger partial charge in [-0.1, -0.05) is 35.3 Å². The van der Waals surface area contributed by atoms with Gasteiger partial charge in [-0.15, -0.1) is 0 Å². The zero-order chi connectivity index (χ0) is 20.8. The Labute approximate surface area is 178 Å². The maximum absolute atomic E-state index is 12.3. The first-order chi connectivity index (χ1) is 13.9. The number of rotatable bonds is 6. The largest absolute Gasteiger partial charge is 0.484 e. The molecule has 0 radical (unpaired) electrons. The Balaban J connectivity index is 1.53. The minimum atomic E-state index is -0.306. The highest BCUT2D eigenvalue weighted by molar-refractivity contribution is 6.34. The van der Waals surface area contributed by atoms with Crippen LogP contribution in [0.3, 0.4) is 0 Å². The second kappa shape index (κ2) is 9.45. The lowest BCUT2D eigenvalue weighted by molar-refractivity contribution is -0.118. The first kappa shape index (κ1) is 20.7. The van der Waals surface area contributed by atoms with E-state index in [9.17, 15) is 9.59 Å². The number of halogens is 2. The number of carbonyl (C=O) groups is 2. The SMILES string of the molecule is Cc1cc(OCC(=O)Nc2ccc(NC(=O)c3ccccc3Cl)cc2)ccc1Cl. The number of nitrogens with one attached hydrogen (secondary N) is 2. The molecule has 5 nitrogen and oxygen atoms in total. The van der Waals surface area contributed by atoms with Crippen LogP contribution in [0.5, 0.6) is 5.75 Å². The van der Waals surface area contributed by atoms with E-state index in [1.54, 1.807) is 66.7 Å². The van der Waals surface area contributed by atoms with Crippen molar-refractivity contribution in [1.82, 2.24) is 0 Å². The third-order valence-corrected chi connectivity index (χ3v) is 4.80. The minimum absolute atomic E-state index is 0.133. The number of hydrogen-bond donors (Lipinski definition) is 2. The fourth-order valence-corrected chi connectivity index (χ4v) is 2.87. The molecule has 0 atom stereocenters. The summed E-state index contributed by atoms with van der Waals surface area (Å²) in [5.41, 5.74) is 2.43. The van der Waals surface area contributed by atoms with Crippen molar-refractivity contribution < 1.29 is 14.3 Å². The number of carbonyl (C=O) groups excluding carboxylic acids is 2. The standard InChI is InChI=1S/C22H18Cl2N2O3/c1-14-12-17(10-11-19(14)23)29-13-21(27)25-15-6-8-16(9-7-15)26-22(28)18-4-2-3-5-20(18)24/h2-12H,13H2,1H3,(H,25,27)(H,26,28). The number of anilines is 2. The predicted molar refractivity (Wildman–Crippen MR) is 116 cm³/mol. The number of benzene rings is 3. The van der Waals surface area contributed by atoms with Crippen LogP contribution >= 0.6 is 23.2 Å². The second-order valence-electron chi connectivity index (χ2n) is 6.26. The molecule has 2 amide bonds. The topological polar surface area (TPSA) is 67.4 Å². The quantitative estimate of drug-likeness (QED) is 0.538. The lowest BCUT2D eigenvalue weighted by Gasteiger charge is -2.10. The van der Waals surface area contributed by atoms with Crippen LogP contribution in [0.1, 0.15) is 15.9 Å². The van der Waals surface area contributed by atoms with Crippen molar-refractivity contribution in [1.29, 1.82) is 0 Å². The van der Waals surface area contributed by atoms with Crippen molar-refractivity contribution in [2.45, 2.75) is 6.92 Å². The Morgan fingerprint density at radius 2 is 1.52 bits per heavy atom. The van der Waals surface area contributed by atoms with Crippen LogP contribution in [0.25, 0.3) is 0 Å². The Bertz CT molecular complexity index is 1040. The van der Waals surface area contributed by atoms with Crippen molar-refractivity contribution in [3.63, 3.8) is 0 Å². The average Bonchev–Trinajstić information content (AvgIpc) is 2.70. The third kappa shape index (κ3) is 5.73. The Hall–Kier alpha value is -3.02. The molecule has 0 aliphatic rings. The van der Waals surface area contributed by atoms with Gasteiger partial charge in [0.1, 0.15) is 5.75 Å². The molecule has 0 aliphatic heterocycles. The molecule has 0 aromatic heterocycles. The molecule has 0 saturated heterocycles. The van der Waals surface area contributed by atoms with Gasteiger partial charge in [-0.05, 0) is 67.1 Å². The van der Waals surface area contributed by atoms with E-state index in [1.807, 2.05) is 6.92 Å². The van der Waals surface area contributed by atoms with Gasteiger partial charge in [0.15, 0.2) is 6.61 Å². The fourth-order valence-electron chi connectivity index (χ4n) is 2.53. The fraction of sp³-hybridized carbons (Fsp3) is 0.0909. The first-order valence-electron chi connectivity index (χ1n) is 8.77. The van der Waals surface area contributed by atoms with E-state index >= 15 is 0 Å². The Kier molecular flexibility index (Phi) is 6.75. The summed E-state index contributed by atoms with van der Waals surface area (Å²) in [4.78, 5) is 24.3. The minimum Gasteiger partial charge on any atom is -0.484 e. The normalized spacial score (nSPS) is 10.3. The smallest absolute Gasteiger partial charge is 0.262 e. The second-order valence-corrected chi connectivity index (χ2v) is 7.07. The molecule has 0 bridgehead atoms. The zero-order valence-electron chi connectivity index (χ0n) is 15.5. The summed E-state index contributed by atoms with van der Waals surface area (Å²) in [6.45, 7) is 1.73. The summed E-state index contributed by atoms with van der Waals surface area (Å²) in [6.07, 6.45) is 0. The van der Waals surface area contributed by atoms with Crippen molar-refractivity contribution in [3.05, 3.63) is 87.9 Å². The molecule has 0 spiro atoms. The molecular weight excluding hydrogens is 411 g/mol. The summed E-state index contributed by atoms with van der Waals surface area (Å²) in [6, 6.07) is 18.8. The van der Waals surface area contributed by atoms with Crippen LogP contribution in [0.2, 0.25) is 10.0 Å². The van der Waals surface area contributed by atoms with E-state index < -0.39 is 0 Å². The lowest BCUT2D eigenvalue weighted by atomic mass is 10.2. The van der Waals surface area contributed by atoms with E-state index in [4.69, 9.17) is 27.9 Å². The average molecular weight is 429 g/mol. The molecule has 3 aromatic carbocycles. The van der Waals surface area contributed by atoms with Crippen molar-refractivity contribution in [3.8, 4) is 5.75 Å². The van der Waals surface area contributed by atoms with Crippen LogP contribution in [0.4, 0.5) is 11.4 Å². The molecule has 0 saturated carbocycles. The molecule has 3 aromatic rings. The molecular formula is C22H18Cl2N2O3. The van der Waals surface area contributed by atoms with Crippen molar-refractivity contribution >= 4 is 46.4 Å². The van der Waals surface area contributed by atoms with Gasteiger partial charge in [0.05, 0.1) is 10.6 Å². The van der Waals surface area contributed by atoms with Gasteiger partial charge in [-0.25, -0.2) is 0 Å². The van der Waals surface area contributed by atoms with Crippen LogP contribution in [0.15, 0.2) is 66.7 Å². The highest BCUT2D eigenvalue weighted by Crippen LogP contribution is 2.21. The molecule has 7 heteroatoms.